The molecular weight excluding hydrogens is 343 g/mol. The van der Waals surface area contributed by atoms with Crippen LogP contribution in [0.1, 0.15) is 44.2 Å². The quantitative estimate of drug-likeness (QED) is 0.741. The molecule has 1 aliphatic carbocycles. The van der Waals surface area contributed by atoms with Gasteiger partial charge >= 0.3 is 12.1 Å². The molecule has 2 aromatic rings. The van der Waals surface area contributed by atoms with E-state index in [2.05, 4.69) is 29.6 Å². The van der Waals surface area contributed by atoms with Gasteiger partial charge in [0.15, 0.2) is 0 Å². The molecule has 0 heterocycles. The van der Waals surface area contributed by atoms with E-state index < -0.39 is 24.2 Å². The highest BCUT2D eigenvalue weighted by Gasteiger charge is 2.34. The van der Waals surface area contributed by atoms with Gasteiger partial charge in [-0.1, -0.05) is 62.4 Å². The Morgan fingerprint density at radius 3 is 2.00 bits per heavy atom. The lowest BCUT2D eigenvalue weighted by Crippen LogP contribution is -2.43. The van der Waals surface area contributed by atoms with Crippen molar-refractivity contribution in [2.45, 2.75) is 45.3 Å². The van der Waals surface area contributed by atoms with Gasteiger partial charge in [0.1, 0.15) is 12.1 Å². The highest BCUT2D eigenvalue weighted by Crippen LogP contribution is 2.46. The van der Waals surface area contributed by atoms with Gasteiger partial charge < -0.3 is 15.2 Å². The molecule has 0 fully saturated rings. The number of aliphatic carboxylic acids is 1. The zero-order valence-electron chi connectivity index (χ0n) is 15.8. The van der Waals surface area contributed by atoms with Crippen molar-refractivity contribution in [3.05, 3.63) is 59.7 Å². The zero-order chi connectivity index (χ0) is 19.6. The number of ether oxygens (including phenoxy) is 1. The second kappa shape index (κ2) is 7.82. The van der Waals surface area contributed by atoms with Crippen molar-refractivity contribution in [1.82, 2.24) is 5.32 Å². The van der Waals surface area contributed by atoms with Gasteiger partial charge in [0, 0.05) is 5.92 Å². The Morgan fingerprint density at radius 1 is 1.00 bits per heavy atom. The summed E-state index contributed by atoms with van der Waals surface area (Å²) in [5.41, 5.74) is 4.54. The number of carbonyl (C=O) groups excluding carboxylic acids is 1. The van der Waals surface area contributed by atoms with E-state index in [0.717, 1.165) is 22.3 Å². The van der Waals surface area contributed by atoms with Gasteiger partial charge in [-0.15, -0.1) is 0 Å². The molecule has 5 heteroatoms. The summed E-state index contributed by atoms with van der Waals surface area (Å²) in [6.07, 6.45) is -0.769. The number of carboxylic acids is 1. The summed E-state index contributed by atoms with van der Waals surface area (Å²) in [5.74, 6) is -0.973. The molecule has 27 heavy (non-hydrogen) atoms. The van der Waals surface area contributed by atoms with Crippen molar-refractivity contribution in [3.8, 4) is 11.1 Å². The van der Waals surface area contributed by atoms with Crippen LogP contribution in [0.15, 0.2) is 48.5 Å². The Morgan fingerprint density at radius 2 is 1.52 bits per heavy atom. The summed E-state index contributed by atoms with van der Waals surface area (Å²) in [6, 6.07) is 15.3. The molecule has 0 spiro atoms. The number of alkyl carbamates (subject to hydrolysis) is 1. The molecule has 5 nitrogen and oxygen atoms in total. The largest absolute Gasteiger partial charge is 0.480 e. The molecule has 1 amide bonds. The Labute approximate surface area is 159 Å². The number of nitrogens with one attached hydrogen (secondary N) is 1. The van der Waals surface area contributed by atoms with Gasteiger partial charge in [0.05, 0.1) is 0 Å². The number of hydrogen-bond donors (Lipinski definition) is 2. The maximum Gasteiger partial charge on any atom is 0.408 e. The van der Waals surface area contributed by atoms with E-state index >= 15 is 0 Å². The van der Waals surface area contributed by atoms with Crippen molar-refractivity contribution in [1.29, 1.82) is 0 Å². The highest BCUT2D eigenvalue weighted by molar-refractivity contribution is 5.81. The minimum absolute atomic E-state index is 0.0727. The van der Waals surface area contributed by atoms with E-state index in [1.54, 1.807) is 0 Å². The van der Waals surface area contributed by atoms with Crippen LogP contribution in [0.2, 0.25) is 0 Å². The van der Waals surface area contributed by atoms with Crippen molar-refractivity contribution in [2.24, 2.45) is 5.92 Å². The van der Waals surface area contributed by atoms with E-state index in [1.807, 2.05) is 45.0 Å². The van der Waals surface area contributed by atoms with E-state index in [1.165, 1.54) is 0 Å². The molecule has 1 aliphatic rings. The maximum atomic E-state index is 12.3. The SMILES string of the molecule is CC(C)C[C@@H]([15NH]C(=O)OC(C)C1c2ccccc2-c2ccccc21)C(=O)O. The Balaban J connectivity index is 1.77. The van der Waals surface area contributed by atoms with E-state index in [4.69, 9.17) is 4.74 Å². The number of hydrogen-bond acceptors (Lipinski definition) is 3. The zero-order valence-corrected chi connectivity index (χ0v) is 15.8. The average molecular weight is 368 g/mol. The van der Waals surface area contributed by atoms with Crippen LogP contribution in [0.4, 0.5) is 4.79 Å². The van der Waals surface area contributed by atoms with Crippen molar-refractivity contribution >= 4 is 12.1 Å². The number of amides is 1. The first kappa shape index (κ1) is 19.0. The molecule has 0 aliphatic heterocycles. The van der Waals surface area contributed by atoms with E-state index in [-0.39, 0.29) is 11.8 Å². The molecule has 2 atom stereocenters. The van der Waals surface area contributed by atoms with Gasteiger partial charge in [0.25, 0.3) is 0 Å². The van der Waals surface area contributed by atoms with Crippen LogP contribution < -0.4 is 5.32 Å². The summed E-state index contributed by atoms with van der Waals surface area (Å²) < 4.78 is 5.60. The lowest BCUT2D eigenvalue weighted by molar-refractivity contribution is -0.139. The van der Waals surface area contributed by atoms with Crippen LogP contribution in [0.5, 0.6) is 0 Å². The Kier molecular flexibility index (Phi) is 5.49. The van der Waals surface area contributed by atoms with Crippen LogP contribution in [-0.4, -0.2) is 29.3 Å². The number of rotatable bonds is 6. The van der Waals surface area contributed by atoms with Crippen LogP contribution in [0, 0.1) is 5.92 Å². The summed E-state index contributed by atoms with van der Waals surface area (Å²) in [6.45, 7) is 5.68. The minimum Gasteiger partial charge on any atom is -0.480 e. The Hall–Kier alpha value is -2.82. The first-order valence-corrected chi connectivity index (χ1v) is 9.26. The average Bonchev–Trinajstić information content (AvgIpc) is 2.95. The number of carboxylic acid groups (broad SMARTS) is 1. The molecule has 2 N–H and O–H groups in total. The van der Waals surface area contributed by atoms with Crippen LogP contribution >= 0.6 is 0 Å². The summed E-state index contributed by atoms with van der Waals surface area (Å²) >= 11 is 0. The van der Waals surface area contributed by atoms with Gasteiger partial charge in [0.2, 0.25) is 0 Å². The van der Waals surface area contributed by atoms with Crippen molar-refractivity contribution in [3.63, 3.8) is 0 Å². The fourth-order valence-electron chi connectivity index (χ4n) is 3.81. The van der Waals surface area contributed by atoms with Crippen molar-refractivity contribution < 1.29 is 19.4 Å². The topological polar surface area (TPSA) is 75.6 Å². The smallest absolute Gasteiger partial charge is 0.408 e. The first-order chi connectivity index (χ1) is 12.9. The summed E-state index contributed by atoms with van der Waals surface area (Å²) in [7, 11) is 0. The van der Waals surface area contributed by atoms with Gasteiger partial charge in [-0.2, -0.15) is 0 Å². The van der Waals surface area contributed by atoms with E-state index in [9.17, 15) is 14.7 Å². The third-order valence-electron chi connectivity index (χ3n) is 4.94. The number of benzene rings is 2. The lowest BCUT2D eigenvalue weighted by Gasteiger charge is -2.24. The molecule has 3 rings (SSSR count). The minimum atomic E-state index is -1.05. The molecular formula is C22H25NO4. The monoisotopic (exact) mass is 368 g/mol. The third-order valence-corrected chi connectivity index (χ3v) is 4.94. The fourth-order valence-corrected chi connectivity index (χ4v) is 3.81. The normalized spacial score (nSPS) is 15.0. The molecule has 0 saturated heterocycles. The van der Waals surface area contributed by atoms with Crippen LogP contribution in [0.3, 0.4) is 0 Å². The summed E-state index contributed by atoms with van der Waals surface area (Å²) in [5, 5.41) is 11.8. The second-order valence-corrected chi connectivity index (χ2v) is 7.43. The molecule has 2 aromatic carbocycles. The maximum absolute atomic E-state index is 12.3. The van der Waals surface area contributed by atoms with Gasteiger partial charge in [-0.25, -0.2) is 9.59 Å². The van der Waals surface area contributed by atoms with Gasteiger partial charge in [-0.3, -0.25) is 0 Å². The lowest BCUT2D eigenvalue weighted by atomic mass is 9.92. The van der Waals surface area contributed by atoms with Crippen LogP contribution in [0.25, 0.3) is 11.1 Å². The molecule has 1 unspecified atom stereocenters. The fraction of sp³-hybridized carbons (Fsp3) is 0.364. The standard InChI is InChI=1S/C22H25NO4/c1-13(2)12-19(21(24)25)23-22(26)27-14(3)20-17-10-6-4-8-15(17)16-9-5-7-11-18(16)20/h4-11,13-14,19-20H,12H2,1-3H3,(H,23,26)(H,24,25)/t14?,19-/m1/s1/i23+1. The third kappa shape index (κ3) is 3.97. The molecule has 0 saturated carbocycles. The molecule has 142 valence electrons. The van der Waals surface area contributed by atoms with Crippen LogP contribution in [-0.2, 0) is 9.53 Å². The van der Waals surface area contributed by atoms with Gasteiger partial charge in [-0.05, 0) is 41.5 Å². The first-order valence-electron chi connectivity index (χ1n) is 9.26. The van der Waals surface area contributed by atoms with E-state index in [0.29, 0.717) is 6.42 Å². The highest BCUT2D eigenvalue weighted by atomic mass is 16.6. The van der Waals surface area contributed by atoms with Crippen molar-refractivity contribution in [2.75, 3.05) is 0 Å². The summed E-state index contributed by atoms with van der Waals surface area (Å²) in [4.78, 5) is 23.7. The predicted molar refractivity (Wildman–Crippen MR) is 104 cm³/mol. The Bertz CT molecular complexity index is 800. The molecule has 0 aromatic heterocycles. The molecule has 0 radical (unpaired) electrons. The second-order valence-electron chi connectivity index (χ2n) is 7.43. The number of fused-ring (bicyclic) bond motifs is 3. The predicted octanol–water partition coefficient (Wildman–Crippen LogP) is 4.41. The number of carbonyl (C=O) groups is 2. The molecule has 0 bridgehead atoms.